The molecule has 3 N–H and O–H groups in total. The first-order chi connectivity index (χ1) is 8.93. The maximum Gasteiger partial charge on any atom is 0.255 e. The maximum absolute atomic E-state index is 12.3. The zero-order valence-corrected chi connectivity index (χ0v) is 11.4. The SMILES string of the molecule is CC1CS(=O)(=O)CCN1C(=O)c1ccc(NN)nc1. The van der Waals surface area contributed by atoms with Crippen LogP contribution in [-0.2, 0) is 9.84 Å². The molecule has 7 nitrogen and oxygen atoms in total. The summed E-state index contributed by atoms with van der Waals surface area (Å²) in [6.45, 7) is 1.96. The molecule has 1 aromatic heterocycles. The fourth-order valence-corrected chi connectivity index (χ4v) is 3.63. The molecular formula is C11H16N4O3S. The molecule has 2 heterocycles. The van der Waals surface area contributed by atoms with Crippen molar-refractivity contribution in [3.8, 4) is 0 Å². The molecule has 0 aliphatic carbocycles. The number of rotatable bonds is 2. The second-order valence-corrected chi connectivity index (χ2v) is 6.77. The van der Waals surface area contributed by atoms with E-state index in [-0.39, 0.29) is 30.0 Å². The van der Waals surface area contributed by atoms with Gasteiger partial charge in [-0.2, -0.15) is 0 Å². The number of nitrogens with zero attached hydrogens (tertiary/aromatic N) is 2. The Kier molecular flexibility index (Phi) is 3.72. The molecule has 0 saturated carbocycles. The Morgan fingerprint density at radius 1 is 1.53 bits per heavy atom. The summed E-state index contributed by atoms with van der Waals surface area (Å²) in [4.78, 5) is 17.8. The van der Waals surface area contributed by atoms with Crippen LogP contribution in [0, 0.1) is 0 Å². The first-order valence-corrected chi connectivity index (χ1v) is 7.69. The fraction of sp³-hybridized carbons (Fsp3) is 0.455. The van der Waals surface area contributed by atoms with E-state index in [1.807, 2.05) is 0 Å². The van der Waals surface area contributed by atoms with Crippen molar-refractivity contribution in [1.29, 1.82) is 0 Å². The van der Waals surface area contributed by atoms with E-state index < -0.39 is 9.84 Å². The summed E-state index contributed by atoms with van der Waals surface area (Å²) in [5.41, 5.74) is 2.80. The molecule has 1 aliphatic heterocycles. The summed E-state index contributed by atoms with van der Waals surface area (Å²) in [6.07, 6.45) is 1.42. The number of hydrogen-bond acceptors (Lipinski definition) is 6. The molecule has 8 heteroatoms. The number of sulfone groups is 1. The number of pyridine rings is 1. The topological polar surface area (TPSA) is 105 Å². The molecule has 19 heavy (non-hydrogen) atoms. The molecule has 0 spiro atoms. The monoisotopic (exact) mass is 284 g/mol. The van der Waals surface area contributed by atoms with Crippen molar-refractivity contribution in [2.45, 2.75) is 13.0 Å². The lowest BCUT2D eigenvalue weighted by Crippen LogP contribution is -2.49. The van der Waals surface area contributed by atoms with E-state index in [1.54, 1.807) is 24.0 Å². The lowest BCUT2D eigenvalue weighted by Gasteiger charge is -2.33. The summed E-state index contributed by atoms with van der Waals surface area (Å²) in [7, 11) is -3.03. The molecule has 0 radical (unpaired) electrons. The molecule has 0 bridgehead atoms. The summed E-state index contributed by atoms with van der Waals surface area (Å²) in [6, 6.07) is 2.89. The average Bonchev–Trinajstić information content (AvgIpc) is 2.37. The van der Waals surface area contributed by atoms with Crippen LogP contribution in [0.15, 0.2) is 18.3 Å². The Labute approximate surface area is 111 Å². The van der Waals surface area contributed by atoms with Gasteiger partial charge in [0.1, 0.15) is 5.82 Å². The number of hydrogen-bond donors (Lipinski definition) is 2. The Bertz CT molecular complexity index is 570. The summed E-state index contributed by atoms with van der Waals surface area (Å²) >= 11 is 0. The van der Waals surface area contributed by atoms with Crippen LogP contribution in [0.4, 0.5) is 5.82 Å². The highest BCUT2D eigenvalue weighted by atomic mass is 32.2. The van der Waals surface area contributed by atoms with E-state index in [4.69, 9.17) is 5.84 Å². The summed E-state index contributed by atoms with van der Waals surface area (Å²) in [5.74, 6) is 5.47. The first-order valence-electron chi connectivity index (χ1n) is 5.87. The van der Waals surface area contributed by atoms with Crippen LogP contribution in [0.25, 0.3) is 0 Å². The van der Waals surface area contributed by atoms with Gasteiger partial charge in [-0.15, -0.1) is 0 Å². The number of amides is 1. The Morgan fingerprint density at radius 3 is 2.79 bits per heavy atom. The van der Waals surface area contributed by atoms with Gasteiger partial charge in [-0.25, -0.2) is 19.2 Å². The van der Waals surface area contributed by atoms with Crippen LogP contribution in [0.2, 0.25) is 0 Å². The van der Waals surface area contributed by atoms with Crippen molar-refractivity contribution in [1.82, 2.24) is 9.88 Å². The summed E-state index contributed by atoms with van der Waals surface area (Å²) in [5, 5.41) is 0. The van der Waals surface area contributed by atoms with E-state index >= 15 is 0 Å². The normalized spacial score (nSPS) is 22.0. The third-order valence-electron chi connectivity index (χ3n) is 3.09. The van der Waals surface area contributed by atoms with Gasteiger partial charge in [-0.1, -0.05) is 0 Å². The largest absolute Gasteiger partial charge is 0.334 e. The molecule has 2 rings (SSSR count). The highest BCUT2D eigenvalue weighted by Gasteiger charge is 2.31. The maximum atomic E-state index is 12.3. The zero-order chi connectivity index (χ0) is 14.0. The standard InChI is InChI=1S/C11H16N4O3S/c1-8-7-19(17,18)5-4-15(8)11(16)9-2-3-10(14-12)13-6-9/h2-3,6,8H,4-5,7,12H2,1H3,(H,13,14). The molecule has 1 amide bonds. The molecule has 1 atom stereocenters. The lowest BCUT2D eigenvalue weighted by atomic mass is 10.2. The predicted molar refractivity (Wildman–Crippen MR) is 71.2 cm³/mol. The minimum absolute atomic E-state index is 0.00854. The van der Waals surface area contributed by atoms with E-state index in [0.717, 1.165) is 0 Å². The van der Waals surface area contributed by atoms with Gasteiger partial charge < -0.3 is 10.3 Å². The van der Waals surface area contributed by atoms with Crippen LogP contribution < -0.4 is 11.3 Å². The number of hydrazine groups is 1. The Morgan fingerprint density at radius 2 is 2.26 bits per heavy atom. The molecule has 104 valence electrons. The van der Waals surface area contributed by atoms with Crippen molar-refractivity contribution in [2.75, 3.05) is 23.5 Å². The fourth-order valence-electron chi connectivity index (χ4n) is 2.07. The van der Waals surface area contributed by atoms with E-state index in [2.05, 4.69) is 10.4 Å². The van der Waals surface area contributed by atoms with Crippen molar-refractivity contribution >= 4 is 21.6 Å². The van der Waals surface area contributed by atoms with E-state index in [9.17, 15) is 13.2 Å². The van der Waals surface area contributed by atoms with Crippen LogP contribution in [-0.4, -0.2) is 48.3 Å². The molecule has 1 aliphatic rings. The molecule has 1 unspecified atom stereocenters. The average molecular weight is 284 g/mol. The third-order valence-corrected chi connectivity index (χ3v) is 4.88. The highest BCUT2D eigenvalue weighted by molar-refractivity contribution is 7.91. The van der Waals surface area contributed by atoms with Crippen molar-refractivity contribution in [2.24, 2.45) is 5.84 Å². The predicted octanol–water partition coefficient (Wildman–Crippen LogP) is -0.374. The van der Waals surface area contributed by atoms with Gasteiger partial charge in [0.05, 0.1) is 17.1 Å². The van der Waals surface area contributed by atoms with Crippen LogP contribution >= 0.6 is 0 Å². The number of nitrogens with one attached hydrogen (secondary N) is 1. The number of nitrogen functional groups attached to an aromatic ring is 1. The van der Waals surface area contributed by atoms with Crippen molar-refractivity contribution < 1.29 is 13.2 Å². The van der Waals surface area contributed by atoms with Gasteiger partial charge in [-0.3, -0.25) is 4.79 Å². The highest BCUT2D eigenvalue weighted by Crippen LogP contribution is 2.15. The molecule has 1 fully saturated rings. The Balaban J connectivity index is 2.15. The quantitative estimate of drug-likeness (QED) is 0.567. The smallest absolute Gasteiger partial charge is 0.255 e. The third kappa shape index (κ3) is 3.02. The molecule has 0 aromatic carbocycles. The minimum Gasteiger partial charge on any atom is -0.334 e. The van der Waals surface area contributed by atoms with Crippen LogP contribution in [0.5, 0.6) is 0 Å². The minimum atomic E-state index is -3.03. The van der Waals surface area contributed by atoms with Gasteiger partial charge in [0.25, 0.3) is 5.91 Å². The number of carbonyl (C=O) groups excluding carboxylic acids is 1. The number of anilines is 1. The van der Waals surface area contributed by atoms with Gasteiger partial charge >= 0.3 is 0 Å². The van der Waals surface area contributed by atoms with Gasteiger partial charge in [0, 0.05) is 18.8 Å². The van der Waals surface area contributed by atoms with Crippen LogP contribution in [0.3, 0.4) is 0 Å². The van der Waals surface area contributed by atoms with E-state index in [1.165, 1.54) is 6.20 Å². The van der Waals surface area contributed by atoms with Crippen molar-refractivity contribution in [3.63, 3.8) is 0 Å². The Hall–Kier alpha value is -1.67. The molecule has 1 aromatic rings. The van der Waals surface area contributed by atoms with Crippen LogP contribution in [0.1, 0.15) is 17.3 Å². The zero-order valence-electron chi connectivity index (χ0n) is 10.5. The number of aromatic nitrogens is 1. The number of nitrogens with two attached hydrogens (primary N) is 1. The number of carbonyl (C=O) groups is 1. The summed E-state index contributed by atoms with van der Waals surface area (Å²) < 4.78 is 23.0. The first kappa shape index (κ1) is 13.8. The van der Waals surface area contributed by atoms with E-state index in [0.29, 0.717) is 11.4 Å². The van der Waals surface area contributed by atoms with Gasteiger partial charge in [-0.05, 0) is 19.1 Å². The van der Waals surface area contributed by atoms with Gasteiger partial charge in [0.2, 0.25) is 0 Å². The molecular weight excluding hydrogens is 268 g/mol. The second-order valence-electron chi connectivity index (χ2n) is 4.54. The second kappa shape index (κ2) is 5.14. The van der Waals surface area contributed by atoms with Gasteiger partial charge in [0.15, 0.2) is 9.84 Å². The lowest BCUT2D eigenvalue weighted by molar-refractivity contribution is 0.0712. The molecule has 1 saturated heterocycles. The van der Waals surface area contributed by atoms with Crippen molar-refractivity contribution in [3.05, 3.63) is 23.9 Å².